The standard InChI is InChI=1S/C12H18ClNO/c1-9-2-3-10(6-9)7-14-8-11-4-5-12(13)15-11/h4-5,9-10,14H,2-3,6-8H2,1H3. The Morgan fingerprint density at radius 3 is 2.93 bits per heavy atom. The van der Waals surface area contributed by atoms with Crippen molar-refractivity contribution >= 4 is 11.6 Å². The van der Waals surface area contributed by atoms with Crippen LogP contribution in [-0.2, 0) is 6.54 Å². The average molecular weight is 228 g/mol. The topological polar surface area (TPSA) is 25.2 Å². The van der Waals surface area contributed by atoms with E-state index in [2.05, 4.69) is 12.2 Å². The Hall–Kier alpha value is -0.470. The van der Waals surface area contributed by atoms with E-state index >= 15 is 0 Å². The molecule has 1 aromatic heterocycles. The van der Waals surface area contributed by atoms with Gasteiger partial charge in [0.05, 0.1) is 6.54 Å². The van der Waals surface area contributed by atoms with Gasteiger partial charge in [0.15, 0.2) is 5.22 Å². The van der Waals surface area contributed by atoms with Gasteiger partial charge in [-0.2, -0.15) is 0 Å². The molecule has 84 valence electrons. The zero-order valence-electron chi connectivity index (χ0n) is 9.13. The Labute approximate surface area is 96.0 Å². The van der Waals surface area contributed by atoms with Crippen molar-refractivity contribution < 1.29 is 4.42 Å². The first-order valence-corrected chi connectivity index (χ1v) is 6.07. The van der Waals surface area contributed by atoms with E-state index in [9.17, 15) is 0 Å². The molecule has 1 aromatic rings. The second-order valence-electron chi connectivity index (χ2n) is 4.62. The van der Waals surface area contributed by atoms with Crippen LogP contribution in [0.4, 0.5) is 0 Å². The van der Waals surface area contributed by atoms with E-state index in [4.69, 9.17) is 16.0 Å². The van der Waals surface area contributed by atoms with E-state index in [-0.39, 0.29) is 0 Å². The summed E-state index contributed by atoms with van der Waals surface area (Å²) in [5, 5.41) is 3.90. The Morgan fingerprint density at radius 1 is 1.47 bits per heavy atom. The summed E-state index contributed by atoms with van der Waals surface area (Å²) in [5.74, 6) is 2.69. The third kappa shape index (κ3) is 3.25. The lowest BCUT2D eigenvalue weighted by atomic mass is 10.1. The molecule has 1 fully saturated rings. The number of halogens is 1. The molecular weight excluding hydrogens is 210 g/mol. The molecule has 0 amide bonds. The predicted molar refractivity (Wildman–Crippen MR) is 61.9 cm³/mol. The van der Waals surface area contributed by atoms with Gasteiger partial charge >= 0.3 is 0 Å². The lowest BCUT2D eigenvalue weighted by Crippen LogP contribution is -2.20. The second kappa shape index (κ2) is 5.04. The van der Waals surface area contributed by atoms with E-state index in [1.807, 2.05) is 6.07 Å². The maximum Gasteiger partial charge on any atom is 0.193 e. The van der Waals surface area contributed by atoms with Gasteiger partial charge in [0.1, 0.15) is 5.76 Å². The first kappa shape index (κ1) is 11.0. The van der Waals surface area contributed by atoms with Crippen molar-refractivity contribution in [2.24, 2.45) is 11.8 Å². The van der Waals surface area contributed by atoms with Crippen molar-refractivity contribution in [2.45, 2.75) is 32.7 Å². The third-order valence-corrected chi connectivity index (χ3v) is 3.37. The van der Waals surface area contributed by atoms with Crippen LogP contribution in [0.25, 0.3) is 0 Å². The molecule has 0 radical (unpaired) electrons. The van der Waals surface area contributed by atoms with Crippen molar-refractivity contribution in [3.63, 3.8) is 0 Å². The van der Waals surface area contributed by atoms with Crippen LogP contribution in [0.15, 0.2) is 16.5 Å². The second-order valence-corrected chi connectivity index (χ2v) is 4.99. The number of nitrogens with one attached hydrogen (secondary N) is 1. The fraction of sp³-hybridized carbons (Fsp3) is 0.667. The minimum absolute atomic E-state index is 0.473. The highest BCUT2D eigenvalue weighted by molar-refractivity contribution is 6.28. The summed E-state index contributed by atoms with van der Waals surface area (Å²) < 4.78 is 5.27. The van der Waals surface area contributed by atoms with E-state index in [0.29, 0.717) is 5.22 Å². The van der Waals surface area contributed by atoms with Crippen LogP contribution in [0.5, 0.6) is 0 Å². The number of rotatable bonds is 4. The first-order valence-electron chi connectivity index (χ1n) is 5.69. The zero-order valence-corrected chi connectivity index (χ0v) is 9.89. The zero-order chi connectivity index (χ0) is 10.7. The summed E-state index contributed by atoms with van der Waals surface area (Å²) in [6.45, 7) is 4.23. The molecular formula is C12H18ClNO. The van der Waals surface area contributed by atoms with Crippen LogP contribution in [0, 0.1) is 11.8 Å². The molecule has 1 saturated carbocycles. The van der Waals surface area contributed by atoms with Crippen LogP contribution in [0.1, 0.15) is 31.9 Å². The minimum Gasteiger partial charge on any atom is -0.448 e. The minimum atomic E-state index is 0.473. The Morgan fingerprint density at radius 2 is 2.33 bits per heavy atom. The molecule has 15 heavy (non-hydrogen) atoms. The maximum absolute atomic E-state index is 5.69. The maximum atomic E-state index is 5.69. The van der Waals surface area contributed by atoms with Crippen LogP contribution in [0.3, 0.4) is 0 Å². The van der Waals surface area contributed by atoms with Gasteiger partial charge in [-0.3, -0.25) is 0 Å². The van der Waals surface area contributed by atoms with Crippen LogP contribution in [-0.4, -0.2) is 6.54 Å². The van der Waals surface area contributed by atoms with Crippen molar-refractivity contribution in [3.05, 3.63) is 23.1 Å². The van der Waals surface area contributed by atoms with Gasteiger partial charge in [-0.05, 0) is 55.0 Å². The highest BCUT2D eigenvalue weighted by Gasteiger charge is 2.20. The average Bonchev–Trinajstić information content (AvgIpc) is 2.76. The Kier molecular flexibility index (Phi) is 3.71. The summed E-state index contributed by atoms with van der Waals surface area (Å²) in [5.41, 5.74) is 0. The lowest BCUT2D eigenvalue weighted by Gasteiger charge is -2.09. The number of hydrogen-bond acceptors (Lipinski definition) is 2. The van der Waals surface area contributed by atoms with Crippen molar-refractivity contribution in [2.75, 3.05) is 6.54 Å². The van der Waals surface area contributed by atoms with Gasteiger partial charge in [-0.25, -0.2) is 0 Å². The molecule has 2 rings (SSSR count). The normalized spacial score (nSPS) is 26.0. The van der Waals surface area contributed by atoms with Gasteiger partial charge < -0.3 is 9.73 Å². The van der Waals surface area contributed by atoms with Gasteiger partial charge in [-0.15, -0.1) is 0 Å². The van der Waals surface area contributed by atoms with E-state index in [0.717, 1.165) is 30.7 Å². The van der Waals surface area contributed by atoms with Crippen molar-refractivity contribution in [1.82, 2.24) is 5.32 Å². The smallest absolute Gasteiger partial charge is 0.193 e. The quantitative estimate of drug-likeness (QED) is 0.852. The fourth-order valence-corrected chi connectivity index (χ4v) is 2.52. The summed E-state index contributed by atoms with van der Waals surface area (Å²) in [4.78, 5) is 0. The molecule has 0 aromatic carbocycles. The largest absolute Gasteiger partial charge is 0.448 e. The molecule has 2 nitrogen and oxygen atoms in total. The van der Waals surface area contributed by atoms with Crippen LogP contribution in [0.2, 0.25) is 5.22 Å². The highest BCUT2D eigenvalue weighted by Crippen LogP contribution is 2.29. The Balaban J connectivity index is 1.67. The van der Waals surface area contributed by atoms with Crippen LogP contribution < -0.4 is 5.32 Å². The van der Waals surface area contributed by atoms with Gasteiger partial charge in [0.25, 0.3) is 0 Å². The first-order chi connectivity index (χ1) is 7.24. The van der Waals surface area contributed by atoms with E-state index < -0.39 is 0 Å². The van der Waals surface area contributed by atoms with Gasteiger partial charge in [-0.1, -0.05) is 13.3 Å². The molecule has 0 spiro atoms. The lowest BCUT2D eigenvalue weighted by molar-refractivity contribution is 0.436. The summed E-state index contributed by atoms with van der Waals surface area (Å²) >= 11 is 5.69. The summed E-state index contributed by atoms with van der Waals surface area (Å²) in [6, 6.07) is 3.71. The molecule has 1 aliphatic rings. The predicted octanol–water partition coefficient (Wildman–Crippen LogP) is 3.46. The molecule has 2 atom stereocenters. The number of furan rings is 1. The van der Waals surface area contributed by atoms with E-state index in [1.165, 1.54) is 19.3 Å². The molecule has 1 heterocycles. The van der Waals surface area contributed by atoms with Crippen LogP contribution >= 0.6 is 11.6 Å². The molecule has 0 aliphatic heterocycles. The van der Waals surface area contributed by atoms with Gasteiger partial charge in [0, 0.05) is 0 Å². The molecule has 0 saturated heterocycles. The molecule has 1 aliphatic carbocycles. The van der Waals surface area contributed by atoms with Gasteiger partial charge in [0.2, 0.25) is 0 Å². The monoisotopic (exact) mass is 227 g/mol. The third-order valence-electron chi connectivity index (χ3n) is 3.16. The molecule has 3 heteroatoms. The number of hydrogen-bond donors (Lipinski definition) is 1. The SMILES string of the molecule is CC1CCC(CNCc2ccc(Cl)o2)C1. The fourth-order valence-electron chi connectivity index (χ4n) is 2.36. The van der Waals surface area contributed by atoms with Crippen molar-refractivity contribution in [1.29, 1.82) is 0 Å². The highest BCUT2D eigenvalue weighted by atomic mass is 35.5. The molecule has 0 bridgehead atoms. The molecule has 2 unspecified atom stereocenters. The Bertz CT molecular complexity index is 310. The van der Waals surface area contributed by atoms with Crippen molar-refractivity contribution in [3.8, 4) is 0 Å². The van der Waals surface area contributed by atoms with E-state index in [1.54, 1.807) is 6.07 Å². The molecule has 1 N–H and O–H groups in total. The summed E-state index contributed by atoms with van der Waals surface area (Å²) in [7, 11) is 0. The summed E-state index contributed by atoms with van der Waals surface area (Å²) in [6.07, 6.45) is 4.12.